The molecule has 1 amide bonds. The molecule has 1 N–H and O–H groups in total. The number of hydrogen-bond acceptors (Lipinski definition) is 4. The van der Waals surface area contributed by atoms with Gasteiger partial charge in [0.1, 0.15) is 10.8 Å². The molecular formula is C26H30N2O2S. The zero-order valence-electron chi connectivity index (χ0n) is 18.7. The second kappa shape index (κ2) is 8.83. The smallest absolute Gasteiger partial charge is 0.255 e. The summed E-state index contributed by atoms with van der Waals surface area (Å²) in [4.78, 5) is 19.3. The van der Waals surface area contributed by atoms with E-state index in [0.29, 0.717) is 12.5 Å². The summed E-state index contributed by atoms with van der Waals surface area (Å²) in [5.74, 6) is 1.29. The van der Waals surface area contributed by atoms with Gasteiger partial charge in [-0.15, -0.1) is 11.3 Å². The number of furan rings is 1. The number of aliphatic imine (C=N–C) groups is 1. The number of hydrogen-bond donors (Lipinski definition) is 1. The molecule has 0 radical (unpaired) electrons. The predicted molar refractivity (Wildman–Crippen MR) is 128 cm³/mol. The number of fused-ring (bicyclic) bond motifs is 1. The summed E-state index contributed by atoms with van der Waals surface area (Å²) in [5, 5.41) is 3.83. The van der Waals surface area contributed by atoms with Crippen LogP contribution >= 0.6 is 11.3 Å². The third kappa shape index (κ3) is 4.99. The molecule has 162 valence electrons. The number of nitrogens with one attached hydrogen (secondary N) is 1. The molecule has 1 aliphatic rings. The Bertz CT molecular complexity index is 1070. The average molecular weight is 435 g/mol. The Kier molecular flexibility index (Phi) is 6.15. The minimum Gasteiger partial charge on any atom is -0.467 e. The van der Waals surface area contributed by atoms with E-state index in [0.717, 1.165) is 41.2 Å². The van der Waals surface area contributed by atoms with Crippen LogP contribution in [0.3, 0.4) is 0 Å². The van der Waals surface area contributed by atoms with E-state index in [1.807, 2.05) is 18.3 Å². The van der Waals surface area contributed by atoms with Crippen molar-refractivity contribution < 1.29 is 9.21 Å². The summed E-state index contributed by atoms with van der Waals surface area (Å²) in [7, 11) is 0. The van der Waals surface area contributed by atoms with Crippen LogP contribution in [0.2, 0.25) is 0 Å². The number of carbonyl (C=O) groups is 1. The van der Waals surface area contributed by atoms with Crippen molar-refractivity contribution in [2.45, 2.75) is 53.5 Å². The molecule has 0 saturated heterocycles. The standard InChI is InChI=1S/C26H30N2O2S/c1-17-7-9-18(10-8-17)15-28-25-23(24(29)27-16-20-6-5-13-30-20)21-12-11-19(26(2,3)4)14-22(21)31-25/h5-10,13,15,19H,11-12,14,16H2,1-4H3,(H,27,29)/t19-/m0/s1. The molecule has 4 rings (SSSR count). The summed E-state index contributed by atoms with van der Waals surface area (Å²) in [5.41, 5.74) is 4.43. The Balaban J connectivity index is 1.64. The largest absolute Gasteiger partial charge is 0.467 e. The van der Waals surface area contributed by atoms with E-state index in [1.54, 1.807) is 17.6 Å². The van der Waals surface area contributed by atoms with Gasteiger partial charge in [0, 0.05) is 11.1 Å². The van der Waals surface area contributed by atoms with Gasteiger partial charge < -0.3 is 9.73 Å². The Morgan fingerprint density at radius 3 is 2.71 bits per heavy atom. The van der Waals surface area contributed by atoms with Crippen molar-refractivity contribution in [1.29, 1.82) is 0 Å². The highest BCUT2D eigenvalue weighted by atomic mass is 32.1. The molecule has 4 nitrogen and oxygen atoms in total. The van der Waals surface area contributed by atoms with Crippen LogP contribution in [0.4, 0.5) is 5.00 Å². The summed E-state index contributed by atoms with van der Waals surface area (Å²) in [6, 6.07) is 12.0. The molecule has 0 fully saturated rings. The van der Waals surface area contributed by atoms with Crippen molar-refractivity contribution in [2.75, 3.05) is 0 Å². The van der Waals surface area contributed by atoms with E-state index in [4.69, 9.17) is 9.41 Å². The highest BCUT2D eigenvalue weighted by Crippen LogP contribution is 2.45. The molecular weight excluding hydrogens is 404 g/mol. The Hall–Kier alpha value is -2.66. The van der Waals surface area contributed by atoms with Crippen LogP contribution in [-0.2, 0) is 19.4 Å². The van der Waals surface area contributed by atoms with Gasteiger partial charge in [-0.05, 0) is 60.8 Å². The Labute approximate surface area is 188 Å². The van der Waals surface area contributed by atoms with Crippen LogP contribution in [0.1, 0.15) is 64.9 Å². The van der Waals surface area contributed by atoms with Gasteiger partial charge >= 0.3 is 0 Å². The Morgan fingerprint density at radius 2 is 2.03 bits per heavy atom. The van der Waals surface area contributed by atoms with Crippen LogP contribution in [0.15, 0.2) is 52.1 Å². The van der Waals surface area contributed by atoms with Crippen LogP contribution in [0, 0.1) is 18.3 Å². The molecule has 0 spiro atoms. The van der Waals surface area contributed by atoms with Gasteiger partial charge in [-0.1, -0.05) is 50.6 Å². The number of amides is 1. The molecule has 2 heterocycles. The highest BCUT2D eigenvalue weighted by molar-refractivity contribution is 7.16. The van der Waals surface area contributed by atoms with E-state index in [-0.39, 0.29) is 11.3 Å². The van der Waals surface area contributed by atoms with E-state index in [1.165, 1.54) is 16.0 Å². The van der Waals surface area contributed by atoms with Gasteiger partial charge in [-0.25, -0.2) is 4.99 Å². The van der Waals surface area contributed by atoms with Crippen LogP contribution in [-0.4, -0.2) is 12.1 Å². The summed E-state index contributed by atoms with van der Waals surface area (Å²) < 4.78 is 5.37. The average Bonchev–Trinajstić information content (AvgIpc) is 3.38. The van der Waals surface area contributed by atoms with Gasteiger partial charge in [0.2, 0.25) is 0 Å². The number of thiophene rings is 1. The van der Waals surface area contributed by atoms with E-state index >= 15 is 0 Å². The van der Waals surface area contributed by atoms with Crippen LogP contribution in [0.25, 0.3) is 0 Å². The van der Waals surface area contributed by atoms with Crippen molar-refractivity contribution in [3.63, 3.8) is 0 Å². The molecule has 3 aromatic rings. The fourth-order valence-corrected chi connectivity index (χ4v) is 5.36. The normalized spacial score (nSPS) is 16.5. The lowest BCUT2D eigenvalue weighted by molar-refractivity contribution is 0.0947. The highest BCUT2D eigenvalue weighted by Gasteiger charge is 2.33. The SMILES string of the molecule is Cc1ccc(C=Nc2sc3c(c2C(=O)NCc2ccco2)CC[C@H](C(C)(C)C)C3)cc1. The number of benzene rings is 1. The van der Waals surface area contributed by atoms with Crippen molar-refractivity contribution in [1.82, 2.24) is 5.32 Å². The number of aryl methyl sites for hydroxylation is 1. The van der Waals surface area contributed by atoms with Gasteiger partial charge in [0.05, 0.1) is 18.4 Å². The summed E-state index contributed by atoms with van der Waals surface area (Å²) in [6.07, 6.45) is 6.53. The minimum absolute atomic E-state index is 0.0702. The van der Waals surface area contributed by atoms with E-state index in [2.05, 4.69) is 57.3 Å². The van der Waals surface area contributed by atoms with Crippen molar-refractivity contribution in [2.24, 2.45) is 16.3 Å². The van der Waals surface area contributed by atoms with Crippen molar-refractivity contribution >= 4 is 28.5 Å². The predicted octanol–water partition coefficient (Wildman–Crippen LogP) is 6.48. The zero-order valence-corrected chi connectivity index (χ0v) is 19.5. The monoisotopic (exact) mass is 434 g/mol. The third-order valence-corrected chi connectivity index (χ3v) is 7.27. The van der Waals surface area contributed by atoms with Gasteiger partial charge in [0.25, 0.3) is 5.91 Å². The van der Waals surface area contributed by atoms with Crippen LogP contribution in [0.5, 0.6) is 0 Å². The Morgan fingerprint density at radius 1 is 1.26 bits per heavy atom. The fourth-order valence-electron chi connectivity index (χ4n) is 4.09. The topological polar surface area (TPSA) is 54.6 Å². The minimum atomic E-state index is -0.0702. The molecule has 1 aliphatic carbocycles. The van der Waals surface area contributed by atoms with Crippen molar-refractivity contribution in [3.8, 4) is 0 Å². The first kappa shape index (κ1) is 21.6. The lowest BCUT2D eigenvalue weighted by Gasteiger charge is -2.33. The van der Waals surface area contributed by atoms with Gasteiger partial charge in [-0.2, -0.15) is 0 Å². The molecule has 1 aromatic carbocycles. The maximum absolute atomic E-state index is 13.2. The maximum atomic E-state index is 13.2. The third-order valence-electron chi connectivity index (χ3n) is 6.11. The first-order valence-electron chi connectivity index (χ1n) is 10.9. The molecule has 0 bridgehead atoms. The van der Waals surface area contributed by atoms with E-state index < -0.39 is 0 Å². The molecule has 31 heavy (non-hydrogen) atoms. The lowest BCUT2D eigenvalue weighted by Crippen LogP contribution is -2.28. The number of carbonyl (C=O) groups excluding carboxylic acids is 1. The molecule has 1 atom stereocenters. The second-order valence-electron chi connectivity index (χ2n) is 9.42. The maximum Gasteiger partial charge on any atom is 0.255 e. The van der Waals surface area contributed by atoms with Crippen molar-refractivity contribution in [3.05, 3.63) is 75.6 Å². The van der Waals surface area contributed by atoms with Gasteiger partial charge in [-0.3, -0.25) is 4.79 Å². The zero-order chi connectivity index (χ0) is 22.0. The molecule has 5 heteroatoms. The van der Waals surface area contributed by atoms with Crippen LogP contribution < -0.4 is 5.32 Å². The first-order valence-corrected chi connectivity index (χ1v) is 11.7. The first-order chi connectivity index (χ1) is 14.8. The fraction of sp³-hybridized carbons (Fsp3) is 0.385. The summed E-state index contributed by atoms with van der Waals surface area (Å²) in [6.45, 7) is 9.38. The molecule has 0 aliphatic heterocycles. The second-order valence-corrected chi connectivity index (χ2v) is 10.5. The number of nitrogens with zero attached hydrogens (tertiary/aromatic N) is 1. The molecule has 0 unspecified atom stereocenters. The quantitative estimate of drug-likeness (QED) is 0.467. The number of rotatable bonds is 5. The van der Waals surface area contributed by atoms with E-state index in [9.17, 15) is 4.79 Å². The van der Waals surface area contributed by atoms with Gasteiger partial charge in [0.15, 0.2) is 0 Å². The molecule has 2 aromatic heterocycles. The molecule has 0 saturated carbocycles. The lowest BCUT2D eigenvalue weighted by atomic mass is 9.72. The summed E-state index contributed by atoms with van der Waals surface area (Å²) >= 11 is 1.67.